The van der Waals surface area contributed by atoms with Crippen molar-refractivity contribution in [3.63, 3.8) is 0 Å². The van der Waals surface area contributed by atoms with Gasteiger partial charge in [0.2, 0.25) is 0 Å². The van der Waals surface area contributed by atoms with Gasteiger partial charge in [0, 0.05) is 6.54 Å². The van der Waals surface area contributed by atoms with Crippen LogP contribution in [0.3, 0.4) is 0 Å². The summed E-state index contributed by atoms with van der Waals surface area (Å²) in [7, 11) is 0. The Morgan fingerprint density at radius 1 is 0.692 bits per heavy atom. The SMILES string of the molecule is C=Cc1ccc(CN(CCCN(CC)CC)CCCN(CC)CC)cc1. The molecular weight excluding hydrogens is 318 g/mol. The Morgan fingerprint density at radius 2 is 1.12 bits per heavy atom. The molecule has 0 saturated carbocycles. The minimum Gasteiger partial charge on any atom is -0.304 e. The molecule has 0 heterocycles. The van der Waals surface area contributed by atoms with E-state index < -0.39 is 0 Å². The highest BCUT2D eigenvalue weighted by Crippen LogP contribution is 2.10. The number of rotatable bonds is 15. The molecule has 0 unspecified atom stereocenters. The molecule has 0 N–H and O–H groups in total. The van der Waals surface area contributed by atoms with Crippen LogP contribution in [0.15, 0.2) is 30.8 Å². The van der Waals surface area contributed by atoms with Crippen molar-refractivity contribution >= 4 is 6.08 Å². The maximum Gasteiger partial charge on any atom is 0.0233 e. The van der Waals surface area contributed by atoms with Crippen LogP contribution in [0, 0.1) is 0 Å². The minimum absolute atomic E-state index is 1.05. The van der Waals surface area contributed by atoms with Crippen molar-refractivity contribution in [2.45, 2.75) is 47.1 Å². The van der Waals surface area contributed by atoms with Crippen LogP contribution in [0.4, 0.5) is 0 Å². The lowest BCUT2D eigenvalue weighted by Crippen LogP contribution is -2.32. The number of hydrogen-bond acceptors (Lipinski definition) is 3. The molecule has 1 aromatic rings. The predicted molar refractivity (Wildman–Crippen MR) is 117 cm³/mol. The lowest BCUT2D eigenvalue weighted by atomic mass is 10.1. The zero-order valence-electron chi connectivity index (χ0n) is 17.7. The average Bonchev–Trinajstić information content (AvgIpc) is 2.69. The standard InChI is InChI=1S/C23H41N3/c1-6-22-13-15-23(16-14-22)21-26(19-11-17-24(7-2)8-3)20-12-18-25(9-4)10-5/h6,13-16H,1,7-12,17-21H2,2-5H3. The molecule has 148 valence electrons. The summed E-state index contributed by atoms with van der Waals surface area (Å²) in [6.45, 7) is 23.3. The maximum atomic E-state index is 3.85. The van der Waals surface area contributed by atoms with Gasteiger partial charge in [0.25, 0.3) is 0 Å². The topological polar surface area (TPSA) is 9.72 Å². The van der Waals surface area contributed by atoms with E-state index >= 15 is 0 Å². The molecule has 0 aliphatic carbocycles. The second-order valence-corrected chi connectivity index (χ2v) is 6.98. The maximum absolute atomic E-state index is 3.85. The molecule has 0 aliphatic rings. The normalized spacial score (nSPS) is 11.7. The lowest BCUT2D eigenvalue weighted by Gasteiger charge is -2.26. The Bertz CT molecular complexity index is 443. The van der Waals surface area contributed by atoms with Gasteiger partial charge in [-0.3, -0.25) is 4.90 Å². The monoisotopic (exact) mass is 359 g/mol. The molecule has 0 amide bonds. The molecule has 0 bridgehead atoms. The molecule has 0 radical (unpaired) electrons. The first kappa shape index (κ1) is 22.9. The van der Waals surface area contributed by atoms with Crippen molar-refractivity contribution in [1.82, 2.24) is 14.7 Å². The number of nitrogens with zero attached hydrogens (tertiary/aromatic N) is 3. The minimum atomic E-state index is 1.05. The van der Waals surface area contributed by atoms with Crippen LogP contribution in [0.1, 0.15) is 51.7 Å². The van der Waals surface area contributed by atoms with Gasteiger partial charge < -0.3 is 9.80 Å². The molecule has 1 aromatic carbocycles. The summed E-state index contributed by atoms with van der Waals surface area (Å²) in [5, 5.41) is 0. The smallest absolute Gasteiger partial charge is 0.0233 e. The van der Waals surface area contributed by atoms with Crippen LogP contribution in [0.2, 0.25) is 0 Å². The van der Waals surface area contributed by atoms with Crippen LogP contribution >= 0.6 is 0 Å². The fraction of sp³-hybridized carbons (Fsp3) is 0.652. The Balaban J connectivity index is 2.56. The van der Waals surface area contributed by atoms with E-state index in [4.69, 9.17) is 0 Å². The van der Waals surface area contributed by atoms with E-state index in [-0.39, 0.29) is 0 Å². The van der Waals surface area contributed by atoms with E-state index in [1.807, 2.05) is 6.08 Å². The van der Waals surface area contributed by atoms with Crippen molar-refractivity contribution in [3.05, 3.63) is 42.0 Å². The summed E-state index contributed by atoms with van der Waals surface area (Å²) in [5.74, 6) is 0. The predicted octanol–water partition coefficient (Wildman–Crippen LogP) is 4.60. The second kappa shape index (κ2) is 14.0. The third kappa shape index (κ3) is 8.98. The quantitative estimate of drug-likeness (QED) is 0.453. The first-order chi connectivity index (χ1) is 12.7. The Hall–Kier alpha value is -1.16. The first-order valence-corrected chi connectivity index (χ1v) is 10.5. The van der Waals surface area contributed by atoms with Crippen molar-refractivity contribution < 1.29 is 0 Å². The molecule has 26 heavy (non-hydrogen) atoms. The number of hydrogen-bond donors (Lipinski definition) is 0. The zero-order valence-corrected chi connectivity index (χ0v) is 17.7. The van der Waals surface area contributed by atoms with Crippen LogP contribution in [0.25, 0.3) is 6.08 Å². The van der Waals surface area contributed by atoms with Crippen molar-refractivity contribution in [2.75, 3.05) is 52.4 Å². The summed E-state index contributed by atoms with van der Waals surface area (Å²) in [6, 6.07) is 8.84. The summed E-state index contributed by atoms with van der Waals surface area (Å²) in [4.78, 5) is 7.68. The van der Waals surface area contributed by atoms with E-state index in [1.54, 1.807) is 0 Å². The van der Waals surface area contributed by atoms with E-state index in [1.165, 1.54) is 50.1 Å². The average molecular weight is 360 g/mol. The molecule has 0 aromatic heterocycles. The molecule has 3 heteroatoms. The van der Waals surface area contributed by atoms with Gasteiger partial charge >= 0.3 is 0 Å². The van der Waals surface area contributed by atoms with Crippen LogP contribution in [-0.2, 0) is 6.54 Å². The van der Waals surface area contributed by atoms with Crippen molar-refractivity contribution in [2.24, 2.45) is 0 Å². The van der Waals surface area contributed by atoms with Gasteiger partial charge in [0.15, 0.2) is 0 Å². The third-order valence-electron chi connectivity index (χ3n) is 5.31. The fourth-order valence-electron chi connectivity index (χ4n) is 3.40. The molecule has 0 fully saturated rings. The van der Waals surface area contributed by atoms with Gasteiger partial charge in [0.05, 0.1) is 0 Å². The molecule has 0 aliphatic heterocycles. The largest absolute Gasteiger partial charge is 0.304 e. The summed E-state index contributed by atoms with van der Waals surface area (Å²) in [5.41, 5.74) is 2.60. The van der Waals surface area contributed by atoms with Gasteiger partial charge in [-0.15, -0.1) is 0 Å². The number of benzene rings is 1. The first-order valence-electron chi connectivity index (χ1n) is 10.5. The van der Waals surface area contributed by atoms with Crippen molar-refractivity contribution in [1.29, 1.82) is 0 Å². The van der Waals surface area contributed by atoms with Crippen LogP contribution in [-0.4, -0.2) is 67.1 Å². The Kier molecular flexibility index (Phi) is 12.3. The van der Waals surface area contributed by atoms with Crippen molar-refractivity contribution in [3.8, 4) is 0 Å². The third-order valence-corrected chi connectivity index (χ3v) is 5.31. The van der Waals surface area contributed by atoms with Crippen LogP contribution in [0.5, 0.6) is 0 Å². The van der Waals surface area contributed by atoms with E-state index in [9.17, 15) is 0 Å². The van der Waals surface area contributed by atoms with E-state index in [0.717, 1.165) is 32.7 Å². The van der Waals surface area contributed by atoms with Gasteiger partial charge in [-0.25, -0.2) is 0 Å². The Labute approximate surface area is 162 Å². The van der Waals surface area contributed by atoms with Gasteiger partial charge in [-0.1, -0.05) is 64.6 Å². The summed E-state index contributed by atoms with van der Waals surface area (Å²) < 4.78 is 0. The highest BCUT2D eigenvalue weighted by atomic mass is 15.2. The molecule has 3 nitrogen and oxygen atoms in total. The molecule has 0 atom stereocenters. The summed E-state index contributed by atoms with van der Waals surface area (Å²) in [6.07, 6.45) is 4.41. The fourth-order valence-corrected chi connectivity index (χ4v) is 3.40. The highest BCUT2D eigenvalue weighted by Gasteiger charge is 2.09. The molecule has 0 saturated heterocycles. The van der Waals surface area contributed by atoms with E-state index in [2.05, 4.69) is 73.2 Å². The lowest BCUT2D eigenvalue weighted by molar-refractivity contribution is 0.212. The second-order valence-electron chi connectivity index (χ2n) is 6.98. The molecule has 1 rings (SSSR count). The van der Waals surface area contributed by atoms with E-state index in [0.29, 0.717) is 0 Å². The van der Waals surface area contributed by atoms with Gasteiger partial charge in [-0.2, -0.15) is 0 Å². The highest BCUT2D eigenvalue weighted by molar-refractivity contribution is 5.47. The Morgan fingerprint density at radius 3 is 1.50 bits per heavy atom. The molecular formula is C23H41N3. The van der Waals surface area contributed by atoms with Gasteiger partial charge in [-0.05, 0) is 76.3 Å². The van der Waals surface area contributed by atoms with Gasteiger partial charge in [0.1, 0.15) is 0 Å². The molecule has 0 spiro atoms. The summed E-state index contributed by atoms with van der Waals surface area (Å²) >= 11 is 0. The zero-order chi connectivity index (χ0) is 19.2. The van der Waals surface area contributed by atoms with Crippen LogP contribution < -0.4 is 0 Å².